The molecule has 1 saturated heterocycles. The minimum atomic E-state index is -2.97. The topological polar surface area (TPSA) is 84.1 Å². The van der Waals surface area contributed by atoms with Crippen LogP contribution in [0.1, 0.15) is 24.4 Å². The Labute approximate surface area is 124 Å². The summed E-state index contributed by atoms with van der Waals surface area (Å²) in [4.78, 5) is 13.1. The molecule has 0 aromatic carbocycles. The second kappa shape index (κ2) is 4.94. The first-order valence-electron chi connectivity index (χ1n) is 6.58. The van der Waals surface area contributed by atoms with Gasteiger partial charge in [-0.05, 0) is 24.8 Å². The monoisotopic (exact) mass is 317 g/mol. The van der Waals surface area contributed by atoms with Crippen LogP contribution in [0.4, 0.5) is 19.4 Å². The number of alkyl halides is 2. The van der Waals surface area contributed by atoms with Gasteiger partial charge in [0.1, 0.15) is 5.82 Å². The number of carbonyl (C=O) groups excluding carboxylic acids is 1. The Balaban J connectivity index is 1.98. The van der Waals surface area contributed by atoms with E-state index in [1.807, 2.05) is 0 Å². The molecule has 0 spiro atoms. The van der Waals surface area contributed by atoms with Crippen molar-refractivity contribution in [3.63, 3.8) is 0 Å². The van der Waals surface area contributed by atoms with Crippen LogP contribution >= 0.6 is 11.6 Å². The van der Waals surface area contributed by atoms with Gasteiger partial charge in [-0.3, -0.25) is 0 Å². The number of rotatable bonds is 3. The van der Waals surface area contributed by atoms with Gasteiger partial charge in [0.15, 0.2) is 5.15 Å². The molecule has 2 amide bonds. The molecule has 3 N–H and O–H groups in total. The fourth-order valence-electron chi connectivity index (χ4n) is 2.61. The SMILES string of the molecule is Nc1cc([C@@H](C2CC2)N2CC(F)(F)CNC2=O)c(Cl)nn1. The number of hydrogen-bond donors (Lipinski definition) is 2. The first kappa shape index (κ1) is 14.2. The van der Waals surface area contributed by atoms with Gasteiger partial charge in [-0.1, -0.05) is 11.6 Å². The van der Waals surface area contributed by atoms with Crippen LogP contribution in [0.2, 0.25) is 5.15 Å². The minimum Gasteiger partial charge on any atom is -0.382 e. The number of carbonyl (C=O) groups is 1. The smallest absolute Gasteiger partial charge is 0.318 e. The molecule has 1 aliphatic heterocycles. The van der Waals surface area contributed by atoms with Crippen LogP contribution in [0.15, 0.2) is 6.07 Å². The van der Waals surface area contributed by atoms with E-state index < -0.39 is 31.1 Å². The fourth-order valence-corrected chi connectivity index (χ4v) is 2.81. The maximum atomic E-state index is 13.6. The van der Waals surface area contributed by atoms with Crippen LogP contribution in [0.25, 0.3) is 0 Å². The third-order valence-electron chi connectivity index (χ3n) is 3.68. The van der Waals surface area contributed by atoms with Gasteiger partial charge < -0.3 is 16.0 Å². The summed E-state index contributed by atoms with van der Waals surface area (Å²) < 4.78 is 27.3. The van der Waals surface area contributed by atoms with Crippen molar-refractivity contribution in [1.29, 1.82) is 0 Å². The van der Waals surface area contributed by atoms with Crippen LogP contribution in [-0.4, -0.2) is 40.1 Å². The average Bonchev–Trinajstić information content (AvgIpc) is 3.22. The zero-order valence-electron chi connectivity index (χ0n) is 11.0. The molecule has 1 atom stereocenters. The van der Waals surface area contributed by atoms with Gasteiger partial charge in [-0.2, -0.15) is 0 Å². The summed E-state index contributed by atoms with van der Waals surface area (Å²) in [6.45, 7) is -1.29. The molecule has 2 heterocycles. The van der Waals surface area contributed by atoms with E-state index in [-0.39, 0.29) is 16.9 Å². The van der Waals surface area contributed by atoms with Gasteiger partial charge >= 0.3 is 6.03 Å². The molecule has 1 aromatic rings. The average molecular weight is 318 g/mol. The number of halogens is 3. The molecule has 0 radical (unpaired) electrons. The lowest BCUT2D eigenvalue weighted by atomic mass is 10.0. The Hall–Kier alpha value is -1.70. The number of anilines is 1. The molecule has 1 aliphatic carbocycles. The molecule has 114 valence electrons. The minimum absolute atomic E-state index is 0.0859. The zero-order valence-corrected chi connectivity index (χ0v) is 11.8. The fraction of sp³-hybridized carbons (Fsp3) is 0.583. The van der Waals surface area contributed by atoms with Gasteiger partial charge in [0.05, 0.1) is 19.1 Å². The maximum absolute atomic E-state index is 13.6. The van der Waals surface area contributed by atoms with Crippen molar-refractivity contribution in [2.45, 2.75) is 24.8 Å². The van der Waals surface area contributed by atoms with Crippen LogP contribution in [0, 0.1) is 5.92 Å². The van der Waals surface area contributed by atoms with Crippen LogP contribution in [0.3, 0.4) is 0 Å². The van der Waals surface area contributed by atoms with E-state index in [2.05, 4.69) is 15.5 Å². The second-order valence-corrected chi connectivity index (χ2v) is 5.80. The Morgan fingerprint density at radius 1 is 1.48 bits per heavy atom. The van der Waals surface area contributed by atoms with Crippen molar-refractivity contribution < 1.29 is 13.6 Å². The third-order valence-corrected chi connectivity index (χ3v) is 3.97. The lowest BCUT2D eigenvalue weighted by Crippen LogP contribution is -2.58. The van der Waals surface area contributed by atoms with Crippen molar-refractivity contribution in [3.8, 4) is 0 Å². The van der Waals surface area contributed by atoms with E-state index in [4.69, 9.17) is 17.3 Å². The maximum Gasteiger partial charge on any atom is 0.318 e. The lowest BCUT2D eigenvalue weighted by molar-refractivity contribution is -0.0463. The number of nitrogen functional groups attached to an aromatic ring is 1. The molecular weight excluding hydrogens is 304 g/mol. The van der Waals surface area contributed by atoms with Crippen LogP contribution < -0.4 is 11.1 Å². The molecule has 2 aliphatic rings. The predicted octanol–water partition coefficient (Wildman–Crippen LogP) is 1.82. The van der Waals surface area contributed by atoms with Crippen LogP contribution in [0.5, 0.6) is 0 Å². The molecule has 2 fully saturated rings. The largest absolute Gasteiger partial charge is 0.382 e. The van der Waals surface area contributed by atoms with Crippen LogP contribution in [-0.2, 0) is 0 Å². The molecule has 21 heavy (non-hydrogen) atoms. The number of aromatic nitrogens is 2. The van der Waals surface area contributed by atoms with E-state index in [1.165, 1.54) is 6.07 Å². The normalized spacial score (nSPS) is 22.8. The molecule has 1 aromatic heterocycles. The Bertz CT molecular complexity index is 581. The third kappa shape index (κ3) is 2.85. The first-order valence-corrected chi connectivity index (χ1v) is 6.96. The van der Waals surface area contributed by atoms with Gasteiger partial charge in [0.2, 0.25) is 0 Å². The molecule has 1 saturated carbocycles. The van der Waals surface area contributed by atoms with Crippen molar-refractivity contribution in [2.75, 3.05) is 18.8 Å². The van der Waals surface area contributed by atoms with Gasteiger partial charge in [-0.15, -0.1) is 10.2 Å². The Morgan fingerprint density at radius 3 is 2.86 bits per heavy atom. The molecule has 3 rings (SSSR count). The molecule has 0 unspecified atom stereocenters. The van der Waals surface area contributed by atoms with E-state index >= 15 is 0 Å². The number of nitrogens with two attached hydrogens (primary N) is 1. The summed E-state index contributed by atoms with van der Waals surface area (Å²) in [5.74, 6) is -2.74. The van der Waals surface area contributed by atoms with Gasteiger partial charge in [0.25, 0.3) is 5.92 Å². The van der Waals surface area contributed by atoms with E-state index in [0.717, 1.165) is 17.7 Å². The summed E-state index contributed by atoms with van der Waals surface area (Å²) in [6, 6.07) is 0.420. The Morgan fingerprint density at radius 2 is 2.19 bits per heavy atom. The number of nitrogens with one attached hydrogen (secondary N) is 1. The molecule has 9 heteroatoms. The second-order valence-electron chi connectivity index (χ2n) is 5.44. The molecule has 6 nitrogen and oxygen atoms in total. The summed E-state index contributed by atoms with van der Waals surface area (Å²) in [6.07, 6.45) is 1.69. The van der Waals surface area contributed by atoms with Crippen molar-refractivity contribution in [2.24, 2.45) is 5.92 Å². The van der Waals surface area contributed by atoms with Gasteiger partial charge in [0, 0.05) is 5.56 Å². The highest BCUT2D eigenvalue weighted by Crippen LogP contribution is 2.47. The Kier molecular flexibility index (Phi) is 3.35. The summed E-state index contributed by atoms with van der Waals surface area (Å²) >= 11 is 6.03. The number of amides is 2. The van der Waals surface area contributed by atoms with E-state index in [9.17, 15) is 13.6 Å². The lowest BCUT2D eigenvalue weighted by Gasteiger charge is -2.38. The van der Waals surface area contributed by atoms with Crippen molar-refractivity contribution >= 4 is 23.4 Å². The van der Waals surface area contributed by atoms with Crippen molar-refractivity contribution in [1.82, 2.24) is 20.4 Å². The highest BCUT2D eigenvalue weighted by molar-refractivity contribution is 6.30. The quantitative estimate of drug-likeness (QED) is 0.890. The summed E-state index contributed by atoms with van der Waals surface area (Å²) in [5.41, 5.74) is 6.08. The highest BCUT2D eigenvalue weighted by atomic mass is 35.5. The predicted molar refractivity (Wildman–Crippen MR) is 72.0 cm³/mol. The van der Waals surface area contributed by atoms with Gasteiger partial charge in [-0.25, -0.2) is 13.6 Å². The number of urea groups is 1. The van der Waals surface area contributed by atoms with E-state index in [0.29, 0.717) is 5.56 Å². The van der Waals surface area contributed by atoms with E-state index in [1.54, 1.807) is 0 Å². The number of nitrogens with zero attached hydrogens (tertiary/aromatic N) is 3. The summed E-state index contributed by atoms with van der Waals surface area (Å²) in [7, 11) is 0. The molecular formula is C12H14ClF2N5O. The summed E-state index contributed by atoms with van der Waals surface area (Å²) in [5, 5.41) is 9.64. The van der Waals surface area contributed by atoms with Crippen molar-refractivity contribution in [3.05, 3.63) is 16.8 Å². The highest BCUT2D eigenvalue weighted by Gasteiger charge is 2.47. The number of hydrogen-bond acceptors (Lipinski definition) is 4. The molecule has 0 bridgehead atoms. The first-order chi connectivity index (χ1) is 9.87. The standard InChI is InChI=1S/C12H14ClF2N5O/c13-10-7(3-8(16)18-19-10)9(6-1-2-6)20-5-12(14,15)4-17-11(20)21/h3,6,9H,1-2,4-5H2,(H2,16,18)(H,17,21)/t9-/m1/s1. The zero-order chi connectivity index (χ0) is 15.2.